The molecular formula is C16H18F2N2. The van der Waals surface area contributed by atoms with Crippen molar-refractivity contribution in [1.82, 2.24) is 0 Å². The van der Waals surface area contributed by atoms with Crippen molar-refractivity contribution in [3.8, 4) is 6.07 Å². The van der Waals surface area contributed by atoms with Crippen LogP contribution >= 0.6 is 0 Å². The molecular weight excluding hydrogens is 258 g/mol. The van der Waals surface area contributed by atoms with Crippen LogP contribution in [-0.4, -0.2) is 13.1 Å². The van der Waals surface area contributed by atoms with E-state index in [0.29, 0.717) is 13.1 Å². The molecule has 2 rings (SSSR count). The predicted octanol–water partition coefficient (Wildman–Crippen LogP) is 4.02. The molecule has 0 spiro atoms. The fourth-order valence-corrected chi connectivity index (χ4v) is 2.49. The standard InChI is InChI=1S/C16H18F2N2/c1-16(2,3)12-4-6-20(7-5-12)15-13(17)8-11(10-19)9-14(15)18/h4,8-9H,5-7H2,1-3H3. The zero-order valence-electron chi connectivity index (χ0n) is 12.0. The van der Waals surface area contributed by atoms with Crippen molar-refractivity contribution < 1.29 is 8.78 Å². The molecule has 0 bridgehead atoms. The number of rotatable bonds is 1. The van der Waals surface area contributed by atoms with Gasteiger partial charge in [0, 0.05) is 13.1 Å². The van der Waals surface area contributed by atoms with Crippen LogP contribution in [0, 0.1) is 28.4 Å². The first-order valence-electron chi connectivity index (χ1n) is 6.66. The molecule has 1 heterocycles. The zero-order valence-corrected chi connectivity index (χ0v) is 12.0. The smallest absolute Gasteiger partial charge is 0.150 e. The Morgan fingerprint density at radius 2 is 1.80 bits per heavy atom. The summed E-state index contributed by atoms with van der Waals surface area (Å²) in [5.74, 6) is -1.34. The molecule has 0 fully saturated rings. The second-order valence-corrected chi connectivity index (χ2v) is 6.08. The first-order chi connectivity index (χ1) is 9.32. The molecule has 0 atom stereocenters. The lowest BCUT2D eigenvalue weighted by Gasteiger charge is -2.33. The number of halogens is 2. The molecule has 0 aliphatic carbocycles. The Balaban J connectivity index is 2.28. The summed E-state index contributed by atoms with van der Waals surface area (Å²) < 4.78 is 27.9. The van der Waals surface area contributed by atoms with E-state index in [1.165, 1.54) is 5.57 Å². The van der Waals surface area contributed by atoms with Crippen LogP contribution in [0.1, 0.15) is 32.8 Å². The average molecular weight is 276 g/mol. The predicted molar refractivity (Wildman–Crippen MR) is 75.4 cm³/mol. The number of hydrogen-bond acceptors (Lipinski definition) is 2. The minimum atomic E-state index is -0.672. The van der Waals surface area contributed by atoms with Gasteiger partial charge in [0.25, 0.3) is 0 Å². The fraction of sp³-hybridized carbons (Fsp3) is 0.438. The van der Waals surface area contributed by atoms with Gasteiger partial charge in [0.15, 0.2) is 11.6 Å². The maximum atomic E-state index is 14.0. The van der Waals surface area contributed by atoms with E-state index in [0.717, 1.165) is 18.6 Å². The van der Waals surface area contributed by atoms with Gasteiger partial charge in [0.05, 0.1) is 11.6 Å². The van der Waals surface area contributed by atoms with Gasteiger partial charge in [-0.3, -0.25) is 0 Å². The van der Waals surface area contributed by atoms with E-state index < -0.39 is 11.6 Å². The highest BCUT2D eigenvalue weighted by atomic mass is 19.1. The van der Waals surface area contributed by atoms with Gasteiger partial charge >= 0.3 is 0 Å². The van der Waals surface area contributed by atoms with E-state index in [4.69, 9.17) is 5.26 Å². The highest BCUT2D eigenvalue weighted by molar-refractivity contribution is 5.54. The van der Waals surface area contributed by atoms with Gasteiger partial charge < -0.3 is 4.90 Å². The summed E-state index contributed by atoms with van der Waals surface area (Å²) in [5, 5.41) is 8.71. The molecule has 0 saturated heterocycles. The van der Waals surface area contributed by atoms with Gasteiger partial charge in [0.2, 0.25) is 0 Å². The van der Waals surface area contributed by atoms with Crippen molar-refractivity contribution in [3.05, 3.63) is 41.0 Å². The average Bonchev–Trinajstić information content (AvgIpc) is 2.37. The van der Waals surface area contributed by atoms with Crippen molar-refractivity contribution in [3.63, 3.8) is 0 Å². The van der Waals surface area contributed by atoms with Crippen LogP contribution in [0.5, 0.6) is 0 Å². The molecule has 1 aromatic carbocycles. The van der Waals surface area contributed by atoms with E-state index >= 15 is 0 Å². The Morgan fingerprint density at radius 3 is 2.20 bits per heavy atom. The summed E-state index contributed by atoms with van der Waals surface area (Å²) in [4.78, 5) is 1.68. The van der Waals surface area contributed by atoms with Gasteiger partial charge in [-0.15, -0.1) is 0 Å². The fourth-order valence-electron chi connectivity index (χ4n) is 2.49. The minimum absolute atomic E-state index is 0.00619. The Bertz CT molecular complexity index is 568. The molecule has 0 amide bonds. The van der Waals surface area contributed by atoms with Crippen LogP contribution in [0.3, 0.4) is 0 Å². The Kier molecular flexibility index (Phi) is 3.80. The van der Waals surface area contributed by atoms with E-state index in [-0.39, 0.29) is 16.7 Å². The van der Waals surface area contributed by atoms with Crippen LogP contribution in [0.25, 0.3) is 0 Å². The summed E-state index contributed by atoms with van der Waals surface area (Å²) in [6, 6.07) is 3.92. The minimum Gasteiger partial charge on any atom is -0.363 e. The number of anilines is 1. The van der Waals surface area contributed by atoms with Crippen molar-refractivity contribution in [2.75, 3.05) is 18.0 Å². The topological polar surface area (TPSA) is 27.0 Å². The van der Waals surface area contributed by atoms with Crippen LogP contribution in [0.2, 0.25) is 0 Å². The molecule has 4 heteroatoms. The van der Waals surface area contributed by atoms with E-state index in [1.54, 1.807) is 11.0 Å². The molecule has 106 valence electrons. The van der Waals surface area contributed by atoms with Crippen molar-refractivity contribution in [2.45, 2.75) is 27.2 Å². The molecule has 0 saturated carbocycles. The molecule has 1 aromatic rings. The normalized spacial score (nSPS) is 15.8. The summed E-state index contributed by atoms with van der Waals surface area (Å²) in [7, 11) is 0. The second kappa shape index (κ2) is 5.24. The number of benzene rings is 1. The Hall–Kier alpha value is -1.89. The number of hydrogen-bond donors (Lipinski definition) is 0. The quantitative estimate of drug-likeness (QED) is 0.724. The van der Waals surface area contributed by atoms with Gasteiger partial charge in [-0.1, -0.05) is 32.4 Å². The highest BCUT2D eigenvalue weighted by Gasteiger charge is 2.24. The van der Waals surface area contributed by atoms with Crippen molar-refractivity contribution >= 4 is 5.69 Å². The molecule has 0 unspecified atom stereocenters. The summed E-state index contributed by atoms with van der Waals surface area (Å²) in [6.07, 6.45) is 2.84. The third-order valence-electron chi connectivity index (χ3n) is 3.63. The van der Waals surface area contributed by atoms with Crippen molar-refractivity contribution in [2.24, 2.45) is 5.41 Å². The largest absolute Gasteiger partial charge is 0.363 e. The maximum Gasteiger partial charge on any atom is 0.150 e. The van der Waals surface area contributed by atoms with Crippen molar-refractivity contribution in [1.29, 1.82) is 5.26 Å². The van der Waals surface area contributed by atoms with Gasteiger partial charge in [-0.2, -0.15) is 5.26 Å². The van der Waals surface area contributed by atoms with E-state index in [1.807, 2.05) is 6.08 Å². The van der Waals surface area contributed by atoms with Gasteiger partial charge in [-0.05, 0) is 24.0 Å². The molecule has 0 aromatic heterocycles. The van der Waals surface area contributed by atoms with E-state index in [2.05, 4.69) is 20.8 Å². The third kappa shape index (κ3) is 2.82. The lowest BCUT2D eigenvalue weighted by atomic mass is 9.83. The first-order valence-corrected chi connectivity index (χ1v) is 6.66. The molecule has 20 heavy (non-hydrogen) atoms. The Morgan fingerprint density at radius 1 is 1.20 bits per heavy atom. The molecule has 0 radical (unpaired) electrons. The zero-order chi connectivity index (χ0) is 14.9. The second-order valence-electron chi connectivity index (χ2n) is 6.08. The van der Waals surface area contributed by atoms with Gasteiger partial charge in [-0.25, -0.2) is 8.78 Å². The van der Waals surface area contributed by atoms with E-state index in [9.17, 15) is 8.78 Å². The monoisotopic (exact) mass is 276 g/mol. The number of nitrogens with zero attached hydrogens (tertiary/aromatic N) is 2. The van der Waals surface area contributed by atoms with Crippen LogP contribution in [0.4, 0.5) is 14.5 Å². The lowest BCUT2D eigenvalue weighted by Crippen LogP contribution is -2.32. The summed E-state index contributed by atoms with van der Waals surface area (Å²) >= 11 is 0. The SMILES string of the molecule is CC(C)(C)C1=CCN(c2c(F)cc(C#N)cc2F)CC1. The highest BCUT2D eigenvalue weighted by Crippen LogP contribution is 2.33. The van der Waals surface area contributed by atoms with Crippen LogP contribution < -0.4 is 4.90 Å². The third-order valence-corrected chi connectivity index (χ3v) is 3.63. The number of nitriles is 1. The maximum absolute atomic E-state index is 14.0. The first kappa shape index (κ1) is 14.5. The van der Waals surface area contributed by atoms with Gasteiger partial charge in [0.1, 0.15) is 5.69 Å². The van der Waals surface area contributed by atoms with Crippen LogP contribution in [0.15, 0.2) is 23.8 Å². The molecule has 2 nitrogen and oxygen atoms in total. The lowest BCUT2D eigenvalue weighted by molar-refractivity contribution is 0.470. The molecule has 1 aliphatic rings. The summed E-state index contributed by atoms with van der Waals surface area (Å²) in [6.45, 7) is 7.49. The van der Waals surface area contributed by atoms with Crippen LogP contribution in [-0.2, 0) is 0 Å². The summed E-state index contributed by atoms with van der Waals surface area (Å²) in [5.41, 5.74) is 1.37. The Labute approximate surface area is 118 Å². The molecule has 1 aliphatic heterocycles. The molecule has 0 N–H and O–H groups in total.